The third kappa shape index (κ3) is 2.54. The highest BCUT2D eigenvalue weighted by Gasteiger charge is 2.08. The first-order chi connectivity index (χ1) is 8.61. The van der Waals surface area contributed by atoms with E-state index in [4.69, 9.17) is 9.84 Å². The molecule has 0 saturated heterocycles. The summed E-state index contributed by atoms with van der Waals surface area (Å²) < 4.78 is 5.99. The lowest BCUT2D eigenvalue weighted by molar-refractivity contribution is 0.0697. The number of ether oxygens (including phenoxy) is 1. The highest BCUT2D eigenvalue weighted by atomic mass is 79.9. The van der Waals surface area contributed by atoms with Crippen LogP contribution in [0.4, 0.5) is 0 Å². The van der Waals surface area contributed by atoms with Crippen molar-refractivity contribution in [1.82, 2.24) is 0 Å². The van der Waals surface area contributed by atoms with Gasteiger partial charge in [0.15, 0.2) is 0 Å². The minimum atomic E-state index is -0.929. The summed E-state index contributed by atoms with van der Waals surface area (Å²) in [5, 5.41) is 8.98. The van der Waals surface area contributed by atoms with Gasteiger partial charge in [-0.25, -0.2) is 4.79 Å². The zero-order valence-electron chi connectivity index (χ0n) is 9.68. The molecule has 18 heavy (non-hydrogen) atoms. The average molecular weight is 307 g/mol. The number of carbonyl (C=O) groups is 1. The van der Waals surface area contributed by atoms with Crippen LogP contribution in [-0.4, -0.2) is 18.2 Å². The Morgan fingerprint density at radius 1 is 1.22 bits per heavy atom. The fourth-order valence-corrected chi connectivity index (χ4v) is 2.26. The van der Waals surface area contributed by atoms with Crippen LogP contribution in [0.15, 0.2) is 46.9 Å². The molecular weight excluding hydrogens is 296 g/mol. The Balaban J connectivity index is 2.48. The first kappa shape index (κ1) is 12.6. The van der Waals surface area contributed by atoms with Crippen molar-refractivity contribution in [2.24, 2.45) is 0 Å². The van der Waals surface area contributed by atoms with Crippen LogP contribution >= 0.6 is 15.9 Å². The number of halogens is 1. The number of rotatable bonds is 3. The van der Waals surface area contributed by atoms with Gasteiger partial charge in [0.05, 0.1) is 12.7 Å². The van der Waals surface area contributed by atoms with E-state index in [-0.39, 0.29) is 5.56 Å². The molecule has 2 rings (SSSR count). The van der Waals surface area contributed by atoms with Gasteiger partial charge in [-0.05, 0) is 41.5 Å². The van der Waals surface area contributed by atoms with Gasteiger partial charge in [0.1, 0.15) is 5.75 Å². The minimum absolute atomic E-state index is 0.273. The molecule has 4 heteroatoms. The predicted octanol–water partition coefficient (Wildman–Crippen LogP) is 3.82. The van der Waals surface area contributed by atoms with Crippen LogP contribution < -0.4 is 4.74 Å². The topological polar surface area (TPSA) is 46.5 Å². The quantitative estimate of drug-likeness (QED) is 0.937. The molecule has 0 aliphatic carbocycles. The van der Waals surface area contributed by atoms with E-state index in [1.807, 2.05) is 24.3 Å². The Hall–Kier alpha value is -1.81. The zero-order chi connectivity index (χ0) is 13.1. The van der Waals surface area contributed by atoms with Crippen LogP contribution in [0.1, 0.15) is 10.4 Å². The molecule has 0 atom stereocenters. The van der Waals surface area contributed by atoms with Crippen molar-refractivity contribution < 1.29 is 14.6 Å². The van der Waals surface area contributed by atoms with Gasteiger partial charge >= 0.3 is 5.97 Å². The van der Waals surface area contributed by atoms with E-state index >= 15 is 0 Å². The fourth-order valence-electron chi connectivity index (χ4n) is 1.68. The molecule has 0 saturated carbocycles. The lowest BCUT2D eigenvalue weighted by Gasteiger charge is -2.07. The van der Waals surface area contributed by atoms with Crippen molar-refractivity contribution in [3.8, 4) is 16.9 Å². The average Bonchev–Trinajstić information content (AvgIpc) is 2.38. The molecule has 0 bridgehead atoms. The maximum absolute atomic E-state index is 10.9. The van der Waals surface area contributed by atoms with Crippen LogP contribution in [0.5, 0.6) is 5.75 Å². The summed E-state index contributed by atoms with van der Waals surface area (Å²) in [5.74, 6) is -0.179. The number of aromatic carboxylic acids is 1. The minimum Gasteiger partial charge on any atom is -0.497 e. The van der Waals surface area contributed by atoms with Crippen LogP contribution in [-0.2, 0) is 0 Å². The van der Waals surface area contributed by atoms with Crippen molar-refractivity contribution in [3.05, 3.63) is 52.5 Å². The molecule has 0 fully saturated rings. The molecule has 3 nitrogen and oxygen atoms in total. The Kier molecular flexibility index (Phi) is 3.67. The maximum atomic E-state index is 10.9. The van der Waals surface area contributed by atoms with Gasteiger partial charge in [-0.2, -0.15) is 0 Å². The Labute approximate surface area is 113 Å². The molecule has 2 aromatic carbocycles. The largest absolute Gasteiger partial charge is 0.497 e. The molecule has 0 radical (unpaired) electrons. The number of benzene rings is 2. The standard InChI is InChI=1S/C14H11BrO3/c1-18-11-5-6-12(13(15)8-11)9-3-2-4-10(7-9)14(16)17/h2-8H,1H3,(H,16,17). The zero-order valence-corrected chi connectivity index (χ0v) is 11.3. The Morgan fingerprint density at radius 2 is 2.00 bits per heavy atom. The highest BCUT2D eigenvalue weighted by Crippen LogP contribution is 2.31. The molecule has 0 heterocycles. The summed E-state index contributed by atoms with van der Waals surface area (Å²) in [5.41, 5.74) is 2.05. The second-order valence-corrected chi connectivity index (χ2v) is 4.59. The van der Waals surface area contributed by atoms with Crippen LogP contribution in [0.2, 0.25) is 0 Å². The van der Waals surface area contributed by atoms with Gasteiger partial charge in [0.25, 0.3) is 0 Å². The van der Waals surface area contributed by atoms with Gasteiger partial charge in [0, 0.05) is 4.47 Å². The lowest BCUT2D eigenvalue weighted by atomic mass is 10.0. The third-order valence-corrected chi connectivity index (χ3v) is 3.25. The van der Waals surface area contributed by atoms with Crippen molar-refractivity contribution in [1.29, 1.82) is 0 Å². The number of carboxylic acid groups (broad SMARTS) is 1. The molecule has 2 aromatic rings. The summed E-state index contributed by atoms with van der Waals surface area (Å²) in [6.07, 6.45) is 0. The second-order valence-electron chi connectivity index (χ2n) is 3.73. The summed E-state index contributed by atoms with van der Waals surface area (Å²) in [6.45, 7) is 0. The first-order valence-electron chi connectivity index (χ1n) is 5.29. The van der Waals surface area contributed by atoms with Crippen molar-refractivity contribution >= 4 is 21.9 Å². The smallest absolute Gasteiger partial charge is 0.335 e. The van der Waals surface area contributed by atoms with Crippen molar-refractivity contribution in [3.63, 3.8) is 0 Å². The van der Waals surface area contributed by atoms with Crippen LogP contribution in [0, 0.1) is 0 Å². The summed E-state index contributed by atoms with van der Waals surface area (Å²) in [6, 6.07) is 12.4. The van der Waals surface area contributed by atoms with E-state index in [0.717, 1.165) is 21.3 Å². The first-order valence-corrected chi connectivity index (χ1v) is 6.08. The van der Waals surface area contributed by atoms with E-state index in [1.165, 1.54) is 0 Å². The van der Waals surface area contributed by atoms with Gasteiger partial charge in [-0.3, -0.25) is 0 Å². The molecule has 0 spiro atoms. The molecule has 0 unspecified atom stereocenters. The van der Waals surface area contributed by atoms with Gasteiger partial charge in [-0.15, -0.1) is 0 Å². The number of carboxylic acids is 1. The van der Waals surface area contributed by atoms with E-state index in [0.29, 0.717) is 0 Å². The molecule has 92 valence electrons. The monoisotopic (exact) mass is 306 g/mol. The second kappa shape index (κ2) is 5.23. The number of methoxy groups -OCH3 is 1. The Morgan fingerprint density at radius 3 is 2.61 bits per heavy atom. The van der Waals surface area contributed by atoms with E-state index in [9.17, 15) is 4.79 Å². The lowest BCUT2D eigenvalue weighted by Crippen LogP contribution is -1.95. The summed E-state index contributed by atoms with van der Waals surface area (Å²) in [7, 11) is 1.60. The van der Waals surface area contributed by atoms with Gasteiger partial charge < -0.3 is 9.84 Å². The molecule has 0 aliphatic rings. The summed E-state index contributed by atoms with van der Waals surface area (Å²) in [4.78, 5) is 10.9. The molecule has 1 N–H and O–H groups in total. The number of hydrogen-bond donors (Lipinski definition) is 1. The third-order valence-electron chi connectivity index (χ3n) is 2.60. The van der Waals surface area contributed by atoms with Gasteiger partial charge in [0.2, 0.25) is 0 Å². The molecule has 0 amide bonds. The predicted molar refractivity (Wildman–Crippen MR) is 73.1 cm³/mol. The molecule has 0 aromatic heterocycles. The highest BCUT2D eigenvalue weighted by molar-refractivity contribution is 9.10. The van der Waals surface area contributed by atoms with Crippen molar-refractivity contribution in [2.45, 2.75) is 0 Å². The van der Waals surface area contributed by atoms with E-state index < -0.39 is 5.97 Å². The normalized spacial score (nSPS) is 10.1. The fraction of sp³-hybridized carbons (Fsp3) is 0.0714. The van der Waals surface area contributed by atoms with Crippen LogP contribution in [0.25, 0.3) is 11.1 Å². The van der Waals surface area contributed by atoms with Gasteiger partial charge in [-0.1, -0.05) is 28.1 Å². The molecule has 0 aliphatic heterocycles. The van der Waals surface area contributed by atoms with Crippen molar-refractivity contribution in [2.75, 3.05) is 7.11 Å². The number of hydrogen-bond acceptors (Lipinski definition) is 2. The Bertz CT molecular complexity index is 593. The molecular formula is C14H11BrO3. The SMILES string of the molecule is COc1ccc(-c2cccc(C(=O)O)c2)c(Br)c1. The van der Waals surface area contributed by atoms with E-state index in [1.54, 1.807) is 25.3 Å². The summed E-state index contributed by atoms with van der Waals surface area (Å²) >= 11 is 3.46. The maximum Gasteiger partial charge on any atom is 0.335 e. The van der Waals surface area contributed by atoms with E-state index in [2.05, 4.69) is 15.9 Å². The van der Waals surface area contributed by atoms with Crippen LogP contribution in [0.3, 0.4) is 0 Å².